The van der Waals surface area contributed by atoms with E-state index in [1.165, 1.54) is 0 Å². The van der Waals surface area contributed by atoms with Gasteiger partial charge in [-0.25, -0.2) is 0 Å². The van der Waals surface area contributed by atoms with Gasteiger partial charge < -0.3 is 5.32 Å². The topological polar surface area (TPSA) is 29.1 Å². The lowest BCUT2D eigenvalue weighted by molar-refractivity contribution is -0.139. The molecule has 0 aliphatic carbocycles. The Morgan fingerprint density at radius 1 is 0.852 bits per heavy atom. The van der Waals surface area contributed by atoms with Crippen LogP contribution in [-0.2, 0) is 9.67 Å². The van der Waals surface area contributed by atoms with Crippen LogP contribution in [-0.4, -0.2) is 12.1 Å². The second-order valence-electron chi connectivity index (χ2n) is 6.26. The number of carbonyl (C=O) groups excluding carboxylic acids is 1. The van der Waals surface area contributed by atoms with Crippen molar-refractivity contribution in [3.63, 3.8) is 0 Å². The second kappa shape index (κ2) is 7.61. The third-order valence-electron chi connectivity index (χ3n) is 4.38. The highest BCUT2D eigenvalue weighted by molar-refractivity contribution is 6.36. The molecule has 3 aromatic carbocycles. The summed E-state index contributed by atoms with van der Waals surface area (Å²) >= 11 is 6.51. The summed E-state index contributed by atoms with van der Waals surface area (Å²) in [5, 5.41) is 4.42. The molecule has 2 nitrogen and oxygen atoms in total. The molecule has 0 saturated heterocycles. The molecule has 6 heteroatoms. The smallest absolute Gasteiger partial charge is 0.324 e. The van der Waals surface area contributed by atoms with Gasteiger partial charge in [0, 0.05) is 17.5 Å². The lowest BCUT2D eigenvalue weighted by Crippen LogP contribution is -2.36. The summed E-state index contributed by atoms with van der Waals surface area (Å²) in [5.41, 5.74) is 0.833. The zero-order valence-corrected chi connectivity index (χ0v) is 15.0. The zero-order chi connectivity index (χ0) is 19.5. The Hall–Kier alpha value is -2.53. The van der Waals surface area contributed by atoms with Crippen molar-refractivity contribution >= 4 is 34.0 Å². The maximum absolute atomic E-state index is 13.0. The van der Waals surface area contributed by atoms with Gasteiger partial charge in [-0.05, 0) is 23.4 Å². The molecule has 0 heterocycles. The molecule has 0 aliphatic rings. The summed E-state index contributed by atoms with van der Waals surface area (Å²) in [6.45, 7) is 0. The zero-order valence-electron chi connectivity index (χ0n) is 14.3. The molecule has 1 N–H and O–H groups in total. The fourth-order valence-electron chi connectivity index (χ4n) is 2.96. The fraction of sp³-hybridized carbons (Fsp3) is 0.190. The highest BCUT2D eigenvalue weighted by Crippen LogP contribution is 2.39. The maximum atomic E-state index is 13.0. The minimum absolute atomic E-state index is 0.327. The van der Waals surface area contributed by atoms with E-state index >= 15 is 0 Å². The Bertz CT molecular complexity index is 938. The number of rotatable bonds is 5. The van der Waals surface area contributed by atoms with Gasteiger partial charge in [0.15, 0.2) is 0 Å². The molecule has 0 saturated carbocycles. The van der Waals surface area contributed by atoms with E-state index in [0.29, 0.717) is 11.3 Å². The summed E-state index contributed by atoms with van der Waals surface area (Å²) < 4.78 is 38.4. The van der Waals surface area contributed by atoms with Crippen molar-refractivity contribution in [3.8, 4) is 0 Å². The summed E-state index contributed by atoms with van der Waals surface area (Å²) in [5.74, 6) is -0.684. The van der Waals surface area contributed by atoms with Crippen LogP contribution < -0.4 is 5.32 Å². The van der Waals surface area contributed by atoms with Crippen LogP contribution in [0, 0.1) is 0 Å². The number of halogens is 4. The number of benzene rings is 3. The fourth-order valence-corrected chi connectivity index (χ4v) is 3.23. The third kappa shape index (κ3) is 4.42. The minimum Gasteiger partial charge on any atom is -0.324 e. The summed E-state index contributed by atoms with van der Waals surface area (Å²) in [4.78, 5) is 11.2. The van der Waals surface area contributed by atoms with Crippen LogP contribution in [0.25, 0.3) is 10.8 Å². The van der Waals surface area contributed by atoms with Crippen LogP contribution in [0.15, 0.2) is 72.8 Å². The van der Waals surface area contributed by atoms with Crippen molar-refractivity contribution in [1.82, 2.24) is 0 Å². The number of anilines is 1. The molecule has 0 bridgehead atoms. The first-order chi connectivity index (χ1) is 12.8. The number of amides is 1. The van der Waals surface area contributed by atoms with E-state index in [0.717, 1.165) is 10.8 Å². The molecule has 1 atom stereocenters. The Morgan fingerprint density at radius 3 is 2.19 bits per heavy atom. The van der Waals surface area contributed by atoms with Crippen LogP contribution in [0.1, 0.15) is 18.4 Å². The Kier molecular flexibility index (Phi) is 5.42. The average molecular weight is 392 g/mol. The Balaban J connectivity index is 1.95. The van der Waals surface area contributed by atoms with Crippen LogP contribution in [0.3, 0.4) is 0 Å². The van der Waals surface area contributed by atoms with Gasteiger partial charge in [0.1, 0.15) is 4.87 Å². The van der Waals surface area contributed by atoms with Crippen molar-refractivity contribution in [3.05, 3.63) is 78.4 Å². The summed E-state index contributed by atoms with van der Waals surface area (Å²) in [7, 11) is 0. The minimum atomic E-state index is -4.41. The van der Waals surface area contributed by atoms with Gasteiger partial charge in [0.2, 0.25) is 5.91 Å². The molecule has 0 spiro atoms. The van der Waals surface area contributed by atoms with Gasteiger partial charge in [-0.1, -0.05) is 66.7 Å². The first kappa shape index (κ1) is 19.2. The first-order valence-corrected chi connectivity index (χ1v) is 8.78. The number of fused-ring (bicyclic) bond motifs is 1. The predicted molar refractivity (Wildman–Crippen MR) is 102 cm³/mol. The van der Waals surface area contributed by atoms with E-state index in [9.17, 15) is 18.0 Å². The number of carbonyl (C=O) groups is 1. The van der Waals surface area contributed by atoms with E-state index < -0.39 is 29.8 Å². The molecule has 3 rings (SSSR count). The number of nitrogens with one attached hydrogen (secondary N) is 1. The van der Waals surface area contributed by atoms with Crippen molar-refractivity contribution in [2.45, 2.75) is 23.9 Å². The van der Waals surface area contributed by atoms with Gasteiger partial charge >= 0.3 is 6.18 Å². The number of hydrogen-bond donors (Lipinski definition) is 1. The van der Waals surface area contributed by atoms with Gasteiger partial charge in [0.05, 0.1) is 0 Å². The largest absolute Gasteiger partial charge is 0.389 e. The first-order valence-electron chi connectivity index (χ1n) is 8.40. The van der Waals surface area contributed by atoms with E-state index in [1.54, 1.807) is 42.5 Å². The number of alkyl halides is 4. The van der Waals surface area contributed by atoms with Gasteiger partial charge in [-0.2, -0.15) is 13.2 Å². The molecular formula is C21H17ClF3NO. The molecule has 1 amide bonds. The van der Waals surface area contributed by atoms with E-state index in [2.05, 4.69) is 5.32 Å². The predicted octanol–water partition coefficient (Wildman–Crippen LogP) is 6.26. The van der Waals surface area contributed by atoms with Gasteiger partial charge in [0.25, 0.3) is 0 Å². The van der Waals surface area contributed by atoms with Gasteiger partial charge in [-0.15, -0.1) is 11.6 Å². The Morgan fingerprint density at radius 2 is 1.48 bits per heavy atom. The molecule has 3 aromatic rings. The van der Waals surface area contributed by atoms with Crippen molar-refractivity contribution in [2.75, 3.05) is 5.32 Å². The molecule has 1 unspecified atom stereocenters. The molecule has 0 aromatic heterocycles. The van der Waals surface area contributed by atoms with Crippen molar-refractivity contribution < 1.29 is 18.0 Å². The van der Waals surface area contributed by atoms with Crippen molar-refractivity contribution in [2.24, 2.45) is 0 Å². The standard InChI is InChI=1S/C21H17ClF3NO/c22-20(13-14-21(23,24)25,16-9-2-1-3-10-16)19(27)26-18-12-6-8-15-7-4-5-11-17(15)18/h1-12H,13-14H2,(H,26,27). The lowest BCUT2D eigenvalue weighted by atomic mass is 9.91. The van der Waals surface area contributed by atoms with Crippen LogP contribution in [0.4, 0.5) is 18.9 Å². The second-order valence-corrected chi connectivity index (χ2v) is 6.91. The van der Waals surface area contributed by atoms with Crippen molar-refractivity contribution in [1.29, 1.82) is 0 Å². The highest BCUT2D eigenvalue weighted by atomic mass is 35.5. The quantitative estimate of drug-likeness (QED) is 0.511. The maximum Gasteiger partial charge on any atom is 0.389 e. The molecule has 0 aliphatic heterocycles. The summed E-state index contributed by atoms with van der Waals surface area (Å²) in [6.07, 6.45) is -6.12. The van der Waals surface area contributed by atoms with Crippen LogP contribution >= 0.6 is 11.6 Å². The monoisotopic (exact) mass is 391 g/mol. The SMILES string of the molecule is O=C(Nc1cccc2ccccc12)C(Cl)(CCC(F)(F)F)c1ccccc1. The highest BCUT2D eigenvalue weighted by Gasteiger charge is 2.42. The molecule has 140 valence electrons. The molecular weight excluding hydrogens is 375 g/mol. The Labute approximate surface area is 160 Å². The number of hydrogen-bond acceptors (Lipinski definition) is 1. The molecule has 0 fully saturated rings. The summed E-state index contributed by atoms with van der Waals surface area (Å²) in [6, 6.07) is 20.9. The molecule has 27 heavy (non-hydrogen) atoms. The van der Waals surface area contributed by atoms with E-state index in [-0.39, 0.29) is 0 Å². The third-order valence-corrected chi connectivity index (χ3v) is 4.96. The van der Waals surface area contributed by atoms with Crippen LogP contribution in [0.5, 0.6) is 0 Å². The average Bonchev–Trinajstić information content (AvgIpc) is 2.66. The normalized spacial score (nSPS) is 13.9. The van der Waals surface area contributed by atoms with Crippen LogP contribution in [0.2, 0.25) is 0 Å². The lowest BCUT2D eigenvalue weighted by Gasteiger charge is -2.27. The van der Waals surface area contributed by atoms with Gasteiger partial charge in [-0.3, -0.25) is 4.79 Å². The van der Waals surface area contributed by atoms with E-state index in [4.69, 9.17) is 11.6 Å². The molecule has 0 radical (unpaired) electrons. The van der Waals surface area contributed by atoms with E-state index in [1.807, 2.05) is 30.3 Å².